The van der Waals surface area contributed by atoms with Crippen molar-refractivity contribution in [1.29, 1.82) is 0 Å². The smallest absolute Gasteiger partial charge is 0.744 e. The van der Waals surface area contributed by atoms with Crippen LogP contribution in [-0.4, -0.2) is 23.0 Å². The van der Waals surface area contributed by atoms with Crippen molar-refractivity contribution in [1.82, 2.24) is 0 Å². The molecule has 0 saturated heterocycles. The maximum Gasteiger partial charge on any atom is 1.00 e. The zero-order chi connectivity index (χ0) is 10.9. The van der Waals surface area contributed by atoms with E-state index in [1.165, 1.54) is 0 Å². The third kappa shape index (κ3) is 3.43. The van der Waals surface area contributed by atoms with Crippen LogP contribution < -0.4 is 29.6 Å². The molecule has 76 valence electrons. The van der Waals surface area contributed by atoms with E-state index in [0.29, 0.717) is 6.07 Å². The van der Waals surface area contributed by atoms with Gasteiger partial charge in [0.05, 0.1) is 4.92 Å². The molecule has 0 spiro atoms. The van der Waals surface area contributed by atoms with Crippen LogP contribution in [0, 0.1) is 10.1 Å². The van der Waals surface area contributed by atoms with Gasteiger partial charge in [0.2, 0.25) is 0 Å². The van der Waals surface area contributed by atoms with Crippen molar-refractivity contribution in [2.75, 3.05) is 0 Å². The van der Waals surface area contributed by atoms with Gasteiger partial charge in [0.1, 0.15) is 20.8 Å². The van der Waals surface area contributed by atoms with E-state index in [9.17, 15) is 23.1 Å². The van der Waals surface area contributed by atoms with Gasteiger partial charge in [-0.1, -0.05) is 0 Å². The van der Waals surface area contributed by atoms with Crippen LogP contribution in [0.2, 0.25) is 0 Å². The van der Waals surface area contributed by atoms with Crippen molar-refractivity contribution in [3.63, 3.8) is 0 Å². The summed E-state index contributed by atoms with van der Waals surface area (Å²) in [6.45, 7) is 0. The molecule has 0 aliphatic rings. The Kier molecular flexibility index (Phi) is 4.68. The summed E-state index contributed by atoms with van der Waals surface area (Å²) in [5.74, 6) is -0.800. The second-order valence-electron chi connectivity index (χ2n) is 2.36. The maximum atomic E-state index is 10.5. The third-order valence-corrected chi connectivity index (χ3v) is 2.29. The SMILES string of the molecule is O=[N+]([O-])c1ccc(O)c(S(=O)(=O)[O-])c1.[Na+]. The number of nitro groups is 1. The molecule has 15 heavy (non-hydrogen) atoms. The molecule has 0 amide bonds. The van der Waals surface area contributed by atoms with Gasteiger partial charge >= 0.3 is 29.6 Å². The van der Waals surface area contributed by atoms with Crippen LogP contribution in [0.1, 0.15) is 0 Å². The Morgan fingerprint density at radius 1 is 1.33 bits per heavy atom. The molecule has 1 rings (SSSR count). The van der Waals surface area contributed by atoms with E-state index in [0.717, 1.165) is 12.1 Å². The number of non-ortho nitro benzene ring substituents is 1. The molecule has 9 heteroatoms. The first-order chi connectivity index (χ1) is 6.32. The molecule has 0 radical (unpaired) electrons. The summed E-state index contributed by atoms with van der Waals surface area (Å²) in [5, 5.41) is 19.2. The largest absolute Gasteiger partial charge is 1.00 e. The van der Waals surface area contributed by atoms with E-state index in [4.69, 9.17) is 5.11 Å². The van der Waals surface area contributed by atoms with Crippen molar-refractivity contribution in [2.45, 2.75) is 4.90 Å². The van der Waals surface area contributed by atoms with Gasteiger partial charge in [-0.3, -0.25) is 10.1 Å². The molecule has 1 aromatic carbocycles. The van der Waals surface area contributed by atoms with Crippen molar-refractivity contribution in [3.05, 3.63) is 28.3 Å². The van der Waals surface area contributed by atoms with Gasteiger partial charge < -0.3 is 9.66 Å². The molecule has 7 nitrogen and oxygen atoms in total. The van der Waals surface area contributed by atoms with Crippen LogP contribution >= 0.6 is 0 Å². The molecule has 0 fully saturated rings. The van der Waals surface area contributed by atoms with Crippen LogP contribution in [0.15, 0.2) is 23.1 Å². The van der Waals surface area contributed by atoms with Gasteiger partial charge in [-0.05, 0) is 6.07 Å². The van der Waals surface area contributed by atoms with E-state index < -0.39 is 31.4 Å². The average molecular weight is 241 g/mol. The predicted molar refractivity (Wildman–Crippen MR) is 42.7 cm³/mol. The Labute approximate surface area is 107 Å². The van der Waals surface area contributed by atoms with Crippen molar-refractivity contribution >= 4 is 15.8 Å². The number of nitrogens with zero attached hydrogens (tertiary/aromatic N) is 1. The van der Waals surface area contributed by atoms with Crippen LogP contribution in [0.3, 0.4) is 0 Å². The minimum atomic E-state index is -4.89. The first-order valence-electron chi connectivity index (χ1n) is 3.25. The van der Waals surface area contributed by atoms with E-state index in [-0.39, 0.29) is 29.6 Å². The summed E-state index contributed by atoms with van der Waals surface area (Å²) < 4.78 is 31.5. The number of hydrogen-bond acceptors (Lipinski definition) is 6. The number of phenolic OH excluding ortho intramolecular Hbond substituents is 1. The number of phenols is 1. The minimum absolute atomic E-state index is 0. The van der Waals surface area contributed by atoms with E-state index in [1.807, 2.05) is 0 Å². The summed E-state index contributed by atoms with van der Waals surface area (Å²) in [4.78, 5) is 8.36. The standard InChI is InChI=1S/C6H5NO6S.Na/c8-5-2-1-4(7(9)10)3-6(5)14(11,12)13;/h1-3,8H,(H,11,12,13);/q;+1/p-1. The molecule has 0 heterocycles. The molecule has 0 aromatic heterocycles. The molecule has 1 N–H and O–H groups in total. The second kappa shape index (κ2) is 4.90. The Morgan fingerprint density at radius 2 is 1.87 bits per heavy atom. The fourth-order valence-corrected chi connectivity index (χ4v) is 1.41. The fraction of sp³-hybridized carbons (Fsp3) is 0. The molecular formula is C6H4NNaO6S. The summed E-state index contributed by atoms with van der Waals surface area (Å²) in [7, 11) is -4.89. The van der Waals surface area contributed by atoms with Gasteiger partial charge in [0.25, 0.3) is 5.69 Å². The van der Waals surface area contributed by atoms with E-state index in [2.05, 4.69) is 0 Å². The van der Waals surface area contributed by atoms with Crippen LogP contribution in [0.25, 0.3) is 0 Å². The monoisotopic (exact) mass is 241 g/mol. The molecular weight excluding hydrogens is 237 g/mol. The quantitative estimate of drug-likeness (QED) is 0.258. The molecule has 0 bridgehead atoms. The van der Waals surface area contributed by atoms with Gasteiger partial charge in [-0.25, -0.2) is 8.42 Å². The Morgan fingerprint density at radius 3 is 2.27 bits per heavy atom. The van der Waals surface area contributed by atoms with Crippen molar-refractivity contribution in [2.24, 2.45) is 0 Å². The molecule has 0 saturated carbocycles. The van der Waals surface area contributed by atoms with Crippen LogP contribution in [-0.2, 0) is 10.1 Å². The second-order valence-corrected chi connectivity index (χ2v) is 3.71. The molecule has 1 aromatic rings. The maximum absolute atomic E-state index is 10.5. The zero-order valence-corrected chi connectivity index (χ0v) is 10.4. The first kappa shape index (κ1) is 14.3. The average Bonchev–Trinajstić information content (AvgIpc) is 2.02. The normalized spacial score (nSPS) is 10.5. The summed E-state index contributed by atoms with van der Waals surface area (Å²) in [6.07, 6.45) is 0. The van der Waals surface area contributed by atoms with Gasteiger partial charge in [0, 0.05) is 12.1 Å². The van der Waals surface area contributed by atoms with Crippen molar-refractivity contribution in [3.8, 4) is 5.75 Å². The molecule has 0 unspecified atom stereocenters. The van der Waals surface area contributed by atoms with E-state index in [1.54, 1.807) is 0 Å². The number of nitro benzene ring substituents is 1. The Hall–Kier alpha value is -0.670. The number of rotatable bonds is 2. The summed E-state index contributed by atoms with van der Waals surface area (Å²) >= 11 is 0. The zero-order valence-electron chi connectivity index (χ0n) is 7.58. The molecule has 0 aliphatic heterocycles. The molecule has 0 atom stereocenters. The number of benzene rings is 1. The van der Waals surface area contributed by atoms with Crippen molar-refractivity contribution < 1.29 is 52.6 Å². The first-order valence-corrected chi connectivity index (χ1v) is 4.66. The fourth-order valence-electron chi connectivity index (χ4n) is 0.817. The van der Waals surface area contributed by atoms with Gasteiger partial charge in [-0.2, -0.15) is 0 Å². The Balaban J connectivity index is 0.00000196. The van der Waals surface area contributed by atoms with Gasteiger partial charge in [-0.15, -0.1) is 0 Å². The van der Waals surface area contributed by atoms with Gasteiger partial charge in [0.15, 0.2) is 0 Å². The molecule has 0 aliphatic carbocycles. The minimum Gasteiger partial charge on any atom is -0.744 e. The predicted octanol–water partition coefficient (Wildman–Crippen LogP) is -2.79. The number of hydrogen-bond donors (Lipinski definition) is 1. The van der Waals surface area contributed by atoms with Crippen LogP contribution in [0.5, 0.6) is 5.75 Å². The summed E-state index contributed by atoms with van der Waals surface area (Å²) in [5.41, 5.74) is -0.572. The van der Waals surface area contributed by atoms with E-state index >= 15 is 0 Å². The number of aromatic hydroxyl groups is 1. The Bertz CT molecular complexity index is 484. The van der Waals surface area contributed by atoms with Crippen LogP contribution in [0.4, 0.5) is 5.69 Å². The summed E-state index contributed by atoms with van der Waals surface area (Å²) in [6, 6.07) is 2.19. The third-order valence-electron chi connectivity index (χ3n) is 1.42. The topological polar surface area (TPSA) is 121 Å².